The van der Waals surface area contributed by atoms with Gasteiger partial charge in [-0.2, -0.15) is 0 Å². The maximum absolute atomic E-state index is 11.3. The first kappa shape index (κ1) is 28.3. The van der Waals surface area contributed by atoms with Crippen LogP contribution >= 0.6 is 0 Å². The number of phenolic OH excluding ortho intramolecular Hbond substituents is 2. The molecule has 39 heavy (non-hydrogen) atoms. The van der Waals surface area contributed by atoms with Crippen molar-refractivity contribution in [3.63, 3.8) is 0 Å². The van der Waals surface area contributed by atoms with Crippen molar-refractivity contribution in [2.24, 2.45) is 4.99 Å². The minimum absolute atomic E-state index is 0. The maximum atomic E-state index is 11.3. The molecule has 0 spiro atoms. The molecule has 0 saturated carbocycles. The van der Waals surface area contributed by atoms with E-state index in [1.807, 2.05) is 54.6 Å². The molecule has 0 aliphatic carbocycles. The van der Waals surface area contributed by atoms with Crippen LogP contribution in [-0.4, -0.2) is 21.4 Å². The second-order valence-corrected chi connectivity index (χ2v) is 10.2. The van der Waals surface area contributed by atoms with Crippen LogP contribution in [0.3, 0.4) is 0 Å². The van der Waals surface area contributed by atoms with Gasteiger partial charge in [0, 0.05) is 32.0 Å². The molecular weight excluding hydrogens is 663 g/mol. The average molecular weight is 696 g/mol. The number of fused-ring (bicyclic) bond motifs is 1. The fourth-order valence-electron chi connectivity index (χ4n) is 5.02. The van der Waals surface area contributed by atoms with E-state index in [4.69, 9.17) is 4.99 Å². The number of rotatable bonds is 6. The fraction of sp³-hybridized carbons (Fsp3) is 0.176. The molecule has 0 aliphatic rings. The van der Waals surface area contributed by atoms with E-state index < -0.39 is 0 Å². The Bertz CT molecular complexity index is 1630. The van der Waals surface area contributed by atoms with Gasteiger partial charge in [-0.25, -0.2) is 4.98 Å². The minimum atomic E-state index is 0. The molecule has 0 saturated heterocycles. The summed E-state index contributed by atoms with van der Waals surface area (Å²) in [5.74, 6) is 1.11. The summed E-state index contributed by atoms with van der Waals surface area (Å²) in [5.41, 5.74) is 7.44. The molecule has 0 bridgehead atoms. The zero-order valence-corrected chi connectivity index (χ0v) is 24.8. The molecule has 0 unspecified atom stereocenters. The molecule has 5 rings (SSSR count). The predicted octanol–water partition coefficient (Wildman–Crippen LogP) is 8.97. The van der Waals surface area contributed by atoms with Crippen LogP contribution in [0.4, 0.5) is 5.69 Å². The van der Waals surface area contributed by atoms with E-state index in [9.17, 15) is 10.2 Å². The topological polar surface area (TPSA) is 65.7 Å². The Morgan fingerprint density at radius 1 is 0.718 bits per heavy atom. The Balaban J connectivity index is 0.00000353. The van der Waals surface area contributed by atoms with E-state index in [-0.39, 0.29) is 32.6 Å². The van der Waals surface area contributed by atoms with Crippen LogP contribution in [0.5, 0.6) is 11.5 Å². The first-order valence-electron chi connectivity index (χ1n) is 13.0. The van der Waals surface area contributed by atoms with Gasteiger partial charge in [-0.1, -0.05) is 76.2 Å². The third-order valence-corrected chi connectivity index (χ3v) is 6.88. The number of para-hydroxylation sites is 1. The van der Waals surface area contributed by atoms with Gasteiger partial charge >= 0.3 is 0 Å². The Kier molecular flexibility index (Phi) is 8.67. The Hall–Kier alpha value is -3.75. The third-order valence-electron chi connectivity index (χ3n) is 6.88. The second kappa shape index (κ2) is 12.0. The summed E-state index contributed by atoms with van der Waals surface area (Å²) in [6, 6.07) is 29.1. The van der Waals surface area contributed by atoms with E-state index in [2.05, 4.69) is 56.9 Å². The van der Waals surface area contributed by atoms with Crippen molar-refractivity contribution in [3.8, 4) is 33.9 Å². The van der Waals surface area contributed by atoms with Gasteiger partial charge in [-0.3, -0.25) is 4.99 Å². The van der Waals surface area contributed by atoms with Crippen molar-refractivity contribution in [1.29, 1.82) is 0 Å². The molecule has 0 amide bonds. The first-order chi connectivity index (χ1) is 18.3. The van der Waals surface area contributed by atoms with Crippen molar-refractivity contribution in [3.05, 3.63) is 108 Å². The zero-order chi connectivity index (χ0) is 26.8. The molecular formula is C34H32N2O2Pt. The van der Waals surface area contributed by atoms with Gasteiger partial charge in [0.25, 0.3) is 0 Å². The molecule has 0 aliphatic heterocycles. The molecule has 5 heteroatoms. The van der Waals surface area contributed by atoms with E-state index in [1.165, 1.54) is 16.7 Å². The maximum Gasteiger partial charge on any atom is 0.126 e. The smallest absolute Gasteiger partial charge is 0.126 e. The predicted molar refractivity (Wildman–Crippen MR) is 158 cm³/mol. The summed E-state index contributed by atoms with van der Waals surface area (Å²) in [7, 11) is 0. The van der Waals surface area contributed by atoms with E-state index in [0.29, 0.717) is 39.9 Å². The molecule has 2 N–H and O–H groups in total. The van der Waals surface area contributed by atoms with Crippen molar-refractivity contribution in [1.82, 2.24) is 4.98 Å². The number of phenols is 2. The average Bonchev–Trinajstić information content (AvgIpc) is 2.91. The van der Waals surface area contributed by atoms with Crippen LogP contribution in [0.25, 0.3) is 33.2 Å². The van der Waals surface area contributed by atoms with E-state index in [1.54, 1.807) is 18.3 Å². The summed E-state index contributed by atoms with van der Waals surface area (Å²) >= 11 is 0. The standard InChI is InChI=1S/C34H32N2O2.Pt/c1-21(2)26-13-9-14-27(22(3)4)33(26)24-18-23-10-7-16-30(34(23)32(38)19-24)35-20-25-11-8-15-29(36-25)28-12-5-6-17-31(28)37;/h5-22,37-38H,1-4H3;. The van der Waals surface area contributed by atoms with Gasteiger partial charge in [0.05, 0.1) is 23.3 Å². The molecule has 4 aromatic carbocycles. The third kappa shape index (κ3) is 5.82. The molecule has 0 radical (unpaired) electrons. The SMILES string of the molecule is CC(C)c1cccc(C(C)C)c1-c1cc(O)c2c(N=Cc3cccc(-c4ccccc4O)n3)cccc2c1.[Pt]. The van der Waals surface area contributed by atoms with Gasteiger partial charge in [0.2, 0.25) is 0 Å². The van der Waals surface area contributed by atoms with Gasteiger partial charge < -0.3 is 10.2 Å². The van der Waals surface area contributed by atoms with Crippen molar-refractivity contribution in [2.45, 2.75) is 39.5 Å². The monoisotopic (exact) mass is 695 g/mol. The molecule has 0 fully saturated rings. The number of pyridine rings is 1. The quantitative estimate of drug-likeness (QED) is 0.174. The van der Waals surface area contributed by atoms with Gasteiger partial charge in [0.1, 0.15) is 11.5 Å². The van der Waals surface area contributed by atoms with Crippen LogP contribution in [0.1, 0.15) is 56.4 Å². The Labute approximate surface area is 244 Å². The van der Waals surface area contributed by atoms with Gasteiger partial charge in [-0.15, -0.1) is 0 Å². The summed E-state index contributed by atoms with van der Waals surface area (Å²) < 4.78 is 0. The van der Waals surface area contributed by atoms with Crippen molar-refractivity contribution >= 4 is 22.7 Å². The molecule has 1 aromatic heterocycles. The van der Waals surface area contributed by atoms with Gasteiger partial charge in [-0.05, 0) is 81.9 Å². The van der Waals surface area contributed by atoms with E-state index in [0.717, 1.165) is 10.9 Å². The molecule has 1 heterocycles. The Morgan fingerprint density at radius 2 is 1.38 bits per heavy atom. The van der Waals surface area contributed by atoms with Gasteiger partial charge in [0.15, 0.2) is 0 Å². The number of hydrogen-bond donors (Lipinski definition) is 2. The van der Waals surface area contributed by atoms with Crippen molar-refractivity contribution < 1.29 is 31.3 Å². The fourth-order valence-corrected chi connectivity index (χ4v) is 5.02. The number of aromatic hydroxyl groups is 2. The second-order valence-electron chi connectivity index (χ2n) is 10.2. The Morgan fingerprint density at radius 3 is 2.08 bits per heavy atom. The van der Waals surface area contributed by atoms with Crippen LogP contribution < -0.4 is 0 Å². The van der Waals surface area contributed by atoms with Crippen LogP contribution in [0, 0.1) is 0 Å². The molecule has 5 aromatic rings. The molecule has 0 atom stereocenters. The summed E-state index contributed by atoms with van der Waals surface area (Å²) in [4.78, 5) is 9.36. The van der Waals surface area contributed by atoms with Crippen LogP contribution in [-0.2, 0) is 21.1 Å². The normalized spacial score (nSPS) is 11.4. The number of nitrogens with zero attached hydrogens (tertiary/aromatic N) is 2. The van der Waals surface area contributed by atoms with E-state index >= 15 is 0 Å². The number of benzene rings is 4. The number of hydrogen-bond acceptors (Lipinski definition) is 4. The largest absolute Gasteiger partial charge is 0.507 e. The summed E-state index contributed by atoms with van der Waals surface area (Å²) in [5, 5.41) is 23.1. The number of aromatic nitrogens is 1. The summed E-state index contributed by atoms with van der Waals surface area (Å²) in [6.45, 7) is 8.83. The van der Waals surface area contributed by atoms with Crippen molar-refractivity contribution in [2.75, 3.05) is 0 Å². The molecule has 200 valence electrons. The molecule has 4 nitrogen and oxygen atoms in total. The zero-order valence-electron chi connectivity index (χ0n) is 22.5. The first-order valence-corrected chi connectivity index (χ1v) is 13.0. The number of aliphatic imine (C=N–C) groups is 1. The minimum Gasteiger partial charge on any atom is -0.507 e. The summed E-state index contributed by atoms with van der Waals surface area (Å²) in [6.07, 6.45) is 1.69. The van der Waals surface area contributed by atoms with Crippen LogP contribution in [0.15, 0.2) is 96.0 Å². The van der Waals surface area contributed by atoms with Crippen LogP contribution in [0.2, 0.25) is 0 Å².